The van der Waals surface area contributed by atoms with Gasteiger partial charge in [-0.05, 0) is 32.0 Å². The van der Waals surface area contributed by atoms with Gasteiger partial charge in [-0.3, -0.25) is 0 Å². The predicted molar refractivity (Wildman–Crippen MR) is 68.5 cm³/mol. The van der Waals surface area contributed by atoms with Crippen LogP contribution in [0.3, 0.4) is 0 Å². The van der Waals surface area contributed by atoms with E-state index in [4.69, 9.17) is 16.7 Å². The van der Waals surface area contributed by atoms with Crippen LogP contribution in [0.1, 0.15) is 43.8 Å². The zero-order chi connectivity index (χ0) is 12.1. The summed E-state index contributed by atoms with van der Waals surface area (Å²) in [4.78, 5) is 4.10. The molecule has 5 nitrogen and oxygen atoms in total. The summed E-state index contributed by atoms with van der Waals surface area (Å²) in [5.41, 5.74) is 0. The first-order valence-electron chi connectivity index (χ1n) is 6.07. The Hall–Kier alpha value is -1.17. The monoisotopic (exact) mass is 254 g/mol. The lowest BCUT2D eigenvalue weighted by molar-refractivity contribution is 0.370. The van der Waals surface area contributed by atoms with Crippen molar-refractivity contribution >= 4 is 17.3 Å². The average molecular weight is 254 g/mol. The summed E-state index contributed by atoms with van der Waals surface area (Å²) >= 11 is 5.23. The highest BCUT2D eigenvalue weighted by Gasteiger charge is 2.14. The Kier molecular flexibility index (Phi) is 4.30. The van der Waals surface area contributed by atoms with Gasteiger partial charge in [0.1, 0.15) is 0 Å². The smallest absolute Gasteiger partial charge is 0.246 e. The summed E-state index contributed by atoms with van der Waals surface area (Å²) in [6, 6.07) is 0.521. The summed E-state index contributed by atoms with van der Waals surface area (Å²) in [7, 11) is 0. The van der Waals surface area contributed by atoms with Crippen LogP contribution < -0.4 is 10.6 Å². The number of aryl methyl sites for hydroxylation is 1. The minimum Gasteiger partial charge on any atom is -0.360 e. The molecule has 0 unspecified atom stereocenters. The largest absolute Gasteiger partial charge is 0.360 e. The minimum atomic E-state index is 0.486. The van der Waals surface area contributed by atoms with Crippen LogP contribution in [0.2, 0.25) is 0 Å². The number of hydrogen-bond acceptors (Lipinski definition) is 4. The van der Waals surface area contributed by atoms with Crippen LogP contribution in [0, 0.1) is 6.92 Å². The fourth-order valence-electron chi connectivity index (χ4n) is 2.05. The summed E-state index contributed by atoms with van der Waals surface area (Å²) in [5, 5.41) is 10.8. The number of aromatic nitrogens is 2. The molecule has 0 aliphatic heterocycles. The van der Waals surface area contributed by atoms with Crippen LogP contribution in [-0.2, 0) is 6.54 Å². The lowest BCUT2D eigenvalue weighted by Crippen LogP contribution is -2.42. The molecule has 1 aliphatic carbocycles. The van der Waals surface area contributed by atoms with E-state index in [1.165, 1.54) is 32.1 Å². The van der Waals surface area contributed by atoms with Gasteiger partial charge in [-0.2, -0.15) is 4.98 Å². The van der Waals surface area contributed by atoms with Crippen molar-refractivity contribution in [1.29, 1.82) is 0 Å². The van der Waals surface area contributed by atoms with E-state index in [0.29, 0.717) is 29.4 Å². The lowest BCUT2D eigenvalue weighted by atomic mass is 9.96. The van der Waals surface area contributed by atoms with Crippen molar-refractivity contribution in [3.05, 3.63) is 11.7 Å². The fourth-order valence-corrected chi connectivity index (χ4v) is 2.29. The second-order valence-electron chi connectivity index (χ2n) is 4.40. The average Bonchev–Trinajstić information content (AvgIpc) is 2.74. The summed E-state index contributed by atoms with van der Waals surface area (Å²) < 4.78 is 4.99. The second kappa shape index (κ2) is 5.95. The second-order valence-corrected chi connectivity index (χ2v) is 4.81. The lowest BCUT2D eigenvalue weighted by Gasteiger charge is -2.24. The first-order valence-corrected chi connectivity index (χ1v) is 6.48. The Morgan fingerprint density at radius 2 is 2.18 bits per heavy atom. The van der Waals surface area contributed by atoms with Crippen LogP contribution in [0.25, 0.3) is 0 Å². The number of nitrogens with zero attached hydrogens (tertiary/aromatic N) is 2. The molecule has 1 aromatic rings. The van der Waals surface area contributed by atoms with Crippen molar-refractivity contribution in [2.24, 2.45) is 0 Å². The molecule has 2 N–H and O–H groups in total. The van der Waals surface area contributed by atoms with Crippen LogP contribution in [-0.4, -0.2) is 21.3 Å². The van der Waals surface area contributed by atoms with E-state index >= 15 is 0 Å². The van der Waals surface area contributed by atoms with Crippen molar-refractivity contribution in [3.63, 3.8) is 0 Å². The molecule has 2 rings (SSSR count). The first-order chi connectivity index (χ1) is 8.24. The molecule has 17 heavy (non-hydrogen) atoms. The molecule has 0 radical (unpaired) electrons. The third-order valence-electron chi connectivity index (χ3n) is 2.91. The predicted octanol–water partition coefficient (Wildman–Crippen LogP) is 1.67. The molecule has 1 aliphatic rings. The van der Waals surface area contributed by atoms with Gasteiger partial charge in [0.25, 0.3) is 0 Å². The molecule has 0 bridgehead atoms. The van der Waals surface area contributed by atoms with Crippen molar-refractivity contribution in [3.8, 4) is 0 Å². The fraction of sp³-hybridized carbons (Fsp3) is 0.727. The van der Waals surface area contributed by atoms with Crippen molar-refractivity contribution < 1.29 is 4.52 Å². The third kappa shape index (κ3) is 3.96. The van der Waals surface area contributed by atoms with Gasteiger partial charge >= 0.3 is 0 Å². The van der Waals surface area contributed by atoms with Gasteiger partial charge in [0.05, 0.1) is 6.54 Å². The molecule has 0 atom stereocenters. The number of hydrogen-bond donors (Lipinski definition) is 2. The molecule has 0 saturated heterocycles. The van der Waals surface area contributed by atoms with Gasteiger partial charge in [0.2, 0.25) is 5.89 Å². The topological polar surface area (TPSA) is 63.0 Å². The molecular formula is C11H18N4OS. The highest BCUT2D eigenvalue weighted by molar-refractivity contribution is 7.80. The molecular weight excluding hydrogens is 236 g/mol. The van der Waals surface area contributed by atoms with Gasteiger partial charge in [0.15, 0.2) is 10.9 Å². The molecule has 6 heteroatoms. The van der Waals surface area contributed by atoms with Gasteiger partial charge < -0.3 is 15.2 Å². The maximum absolute atomic E-state index is 5.23. The normalized spacial score (nSPS) is 16.8. The summed E-state index contributed by atoms with van der Waals surface area (Å²) in [5.74, 6) is 1.21. The molecule has 1 heterocycles. The maximum Gasteiger partial charge on any atom is 0.246 e. The highest BCUT2D eigenvalue weighted by atomic mass is 32.1. The Labute approximate surface area is 106 Å². The highest BCUT2D eigenvalue weighted by Crippen LogP contribution is 2.17. The van der Waals surface area contributed by atoms with Gasteiger partial charge in [0, 0.05) is 6.04 Å². The Balaban J connectivity index is 1.70. The minimum absolute atomic E-state index is 0.486. The number of nitrogens with one attached hydrogen (secondary N) is 2. The maximum atomic E-state index is 5.23. The Bertz CT molecular complexity index is 373. The van der Waals surface area contributed by atoms with Crippen molar-refractivity contribution in [2.45, 2.75) is 51.6 Å². The summed E-state index contributed by atoms with van der Waals surface area (Å²) in [6.07, 6.45) is 6.36. The molecule has 0 aromatic carbocycles. The molecule has 94 valence electrons. The van der Waals surface area contributed by atoms with Gasteiger partial charge in [-0.1, -0.05) is 24.4 Å². The van der Waals surface area contributed by atoms with E-state index in [9.17, 15) is 0 Å². The molecule has 1 saturated carbocycles. The first kappa shape index (κ1) is 12.3. The van der Waals surface area contributed by atoms with E-state index in [1.807, 2.05) is 0 Å². The third-order valence-corrected chi connectivity index (χ3v) is 3.17. The quantitative estimate of drug-likeness (QED) is 0.800. The van der Waals surface area contributed by atoms with Crippen molar-refractivity contribution in [2.75, 3.05) is 0 Å². The molecule has 0 amide bonds. The van der Waals surface area contributed by atoms with Crippen LogP contribution in [0.4, 0.5) is 0 Å². The van der Waals surface area contributed by atoms with Crippen molar-refractivity contribution in [1.82, 2.24) is 20.8 Å². The molecule has 1 aromatic heterocycles. The zero-order valence-electron chi connectivity index (χ0n) is 10.0. The van der Waals surface area contributed by atoms with E-state index in [2.05, 4.69) is 20.8 Å². The molecule has 1 fully saturated rings. The van der Waals surface area contributed by atoms with Crippen LogP contribution in [0.5, 0.6) is 0 Å². The van der Waals surface area contributed by atoms with Gasteiger partial charge in [-0.15, -0.1) is 0 Å². The van der Waals surface area contributed by atoms with E-state index in [0.717, 1.165) is 0 Å². The Morgan fingerprint density at radius 3 is 2.82 bits per heavy atom. The van der Waals surface area contributed by atoms with E-state index < -0.39 is 0 Å². The molecule has 0 spiro atoms. The summed E-state index contributed by atoms with van der Waals surface area (Å²) in [6.45, 7) is 2.28. The number of rotatable bonds is 3. The van der Waals surface area contributed by atoms with E-state index in [1.54, 1.807) is 6.92 Å². The number of thiocarbonyl (C=S) groups is 1. The van der Waals surface area contributed by atoms with Gasteiger partial charge in [-0.25, -0.2) is 0 Å². The zero-order valence-corrected chi connectivity index (χ0v) is 10.8. The van der Waals surface area contributed by atoms with E-state index in [-0.39, 0.29) is 0 Å². The SMILES string of the molecule is Cc1noc(CNC(=S)NC2CCCCC2)n1. The van der Waals surface area contributed by atoms with Crippen LogP contribution >= 0.6 is 12.2 Å². The Morgan fingerprint density at radius 1 is 1.41 bits per heavy atom. The standard InChI is InChI=1S/C11H18N4OS/c1-8-13-10(16-15-8)7-12-11(17)14-9-5-3-2-4-6-9/h9H,2-7H2,1H3,(H2,12,14,17). The van der Waals surface area contributed by atoms with Crippen LogP contribution in [0.15, 0.2) is 4.52 Å².